The number of aromatic nitrogens is 1. The second-order valence-electron chi connectivity index (χ2n) is 2.50. The monoisotopic (exact) mass is 168 g/mol. The summed E-state index contributed by atoms with van der Waals surface area (Å²) in [7, 11) is 0. The van der Waals surface area contributed by atoms with Gasteiger partial charge in [-0.3, -0.25) is 4.79 Å². The highest BCUT2D eigenvalue weighted by atomic mass is 19.1. The molecule has 1 unspecified atom stereocenters. The quantitative estimate of drug-likeness (QED) is 0.665. The van der Waals surface area contributed by atoms with Gasteiger partial charge in [-0.15, -0.1) is 0 Å². The molecule has 1 aromatic heterocycles. The molecule has 2 N–H and O–H groups in total. The van der Waals surface area contributed by atoms with Crippen LogP contribution in [0.4, 0.5) is 4.39 Å². The topological polar surface area (TPSA) is 56.0 Å². The van der Waals surface area contributed by atoms with Crippen LogP contribution in [0, 0.1) is 5.95 Å². The highest BCUT2D eigenvalue weighted by Gasteiger charge is 2.10. The average molecular weight is 168 g/mol. The van der Waals surface area contributed by atoms with Gasteiger partial charge in [-0.1, -0.05) is 6.07 Å². The van der Waals surface area contributed by atoms with Gasteiger partial charge in [0.1, 0.15) is 0 Å². The third-order valence-electron chi connectivity index (χ3n) is 1.55. The van der Waals surface area contributed by atoms with E-state index in [2.05, 4.69) is 4.98 Å². The molecule has 0 aliphatic heterocycles. The molecule has 1 heterocycles. The number of pyridine rings is 1. The molecule has 0 aliphatic carbocycles. The molecular weight excluding hydrogens is 159 g/mol. The van der Waals surface area contributed by atoms with Gasteiger partial charge in [0.2, 0.25) is 5.95 Å². The van der Waals surface area contributed by atoms with Gasteiger partial charge in [0, 0.05) is 6.20 Å². The smallest absolute Gasteiger partial charge is 0.212 e. The van der Waals surface area contributed by atoms with Crippen molar-refractivity contribution in [2.75, 3.05) is 0 Å². The van der Waals surface area contributed by atoms with Gasteiger partial charge < -0.3 is 5.73 Å². The Labute approximate surface area is 69.4 Å². The first-order valence-corrected chi connectivity index (χ1v) is 3.48. The van der Waals surface area contributed by atoms with E-state index in [0.29, 0.717) is 5.56 Å². The number of carbonyl (C=O) groups excluding carboxylic acids is 1. The minimum absolute atomic E-state index is 0.164. The molecule has 3 nitrogen and oxygen atoms in total. The van der Waals surface area contributed by atoms with Crippen LogP contribution in [-0.4, -0.2) is 10.8 Å². The van der Waals surface area contributed by atoms with E-state index in [-0.39, 0.29) is 5.78 Å². The van der Waals surface area contributed by atoms with E-state index in [9.17, 15) is 9.18 Å². The minimum Gasteiger partial charge on any atom is -0.318 e. The van der Waals surface area contributed by atoms with E-state index < -0.39 is 12.0 Å². The molecule has 12 heavy (non-hydrogen) atoms. The third-order valence-corrected chi connectivity index (χ3v) is 1.55. The van der Waals surface area contributed by atoms with E-state index in [0.717, 1.165) is 0 Å². The van der Waals surface area contributed by atoms with Crippen molar-refractivity contribution in [1.82, 2.24) is 4.98 Å². The van der Waals surface area contributed by atoms with E-state index in [1.807, 2.05) is 0 Å². The number of ketones is 1. The Hall–Kier alpha value is -1.29. The summed E-state index contributed by atoms with van der Waals surface area (Å²) in [6.07, 6.45) is 1.27. The fraction of sp³-hybridized carbons (Fsp3) is 0.250. The van der Waals surface area contributed by atoms with Crippen LogP contribution in [-0.2, 0) is 4.79 Å². The molecule has 0 saturated heterocycles. The zero-order chi connectivity index (χ0) is 9.14. The van der Waals surface area contributed by atoms with Gasteiger partial charge >= 0.3 is 0 Å². The minimum atomic E-state index is -0.696. The Balaban J connectivity index is 2.89. The summed E-state index contributed by atoms with van der Waals surface area (Å²) in [5, 5.41) is 0. The summed E-state index contributed by atoms with van der Waals surface area (Å²) < 4.78 is 12.3. The van der Waals surface area contributed by atoms with Crippen molar-refractivity contribution in [3.05, 3.63) is 29.8 Å². The van der Waals surface area contributed by atoms with Crippen LogP contribution < -0.4 is 5.73 Å². The SMILES string of the molecule is CC(=O)C(N)c1ccc(F)nc1. The molecule has 0 aliphatic rings. The van der Waals surface area contributed by atoms with Crippen LogP contribution in [0.3, 0.4) is 0 Å². The standard InChI is InChI=1S/C8H9FN2O/c1-5(12)8(10)6-2-3-7(9)11-4-6/h2-4,8H,10H2,1H3. The molecule has 0 bridgehead atoms. The summed E-state index contributed by atoms with van der Waals surface area (Å²) in [5.41, 5.74) is 6.01. The summed E-state index contributed by atoms with van der Waals surface area (Å²) >= 11 is 0. The zero-order valence-corrected chi connectivity index (χ0v) is 6.62. The number of nitrogens with zero attached hydrogens (tertiary/aromatic N) is 1. The van der Waals surface area contributed by atoms with Gasteiger partial charge in [0.15, 0.2) is 5.78 Å². The number of hydrogen-bond donors (Lipinski definition) is 1. The van der Waals surface area contributed by atoms with E-state index in [1.165, 1.54) is 25.3 Å². The summed E-state index contributed by atoms with van der Waals surface area (Å²) in [4.78, 5) is 14.2. The Bertz CT molecular complexity index is 284. The fourth-order valence-electron chi connectivity index (χ4n) is 0.806. The normalized spacial score (nSPS) is 12.6. The van der Waals surface area contributed by atoms with E-state index in [1.54, 1.807) is 0 Å². The molecule has 4 heteroatoms. The van der Waals surface area contributed by atoms with Gasteiger partial charge in [0.05, 0.1) is 6.04 Å². The largest absolute Gasteiger partial charge is 0.318 e. The Kier molecular flexibility index (Phi) is 2.50. The van der Waals surface area contributed by atoms with Crippen molar-refractivity contribution in [2.24, 2.45) is 5.73 Å². The highest BCUT2D eigenvalue weighted by molar-refractivity contribution is 5.82. The summed E-state index contributed by atoms with van der Waals surface area (Å²) in [6.45, 7) is 1.38. The number of nitrogens with two attached hydrogens (primary N) is 1. The molecule has 1 atom stereocenters. The molecular formula is C8H9FN2O. The molecule has 64 valence electrons. The maximum Gasteiger partial charge on any atom is 0.212 e. The predicted molar refractivity (Wildman–Crippen MR) is 41.8 cm³/mol. The lowest BCUT2D eigenvalue weighted by Crippen LogP contribution is -2.18. The summed E-state index contributed by atoms with van der Waals surface area (Å²) in [6, 6.07) is 1.94. The Morgan fingerprint density at radius 2 is 2.33 bits per heavy atom. The lowest BCUT2D eigenvalue weighted by molar-refractivity contribution is -0.118. The lowest BCUT2D eigenvalue weighted by Gasteiger charge is -2.05. The summed E-state index contributed by atoms with van der Waals surface area (Å²) in [5.74, 6) is -0.738. The number of halogens is 1. The van der Waals surface area contributed by atoms with Gasteiger partial charge in [-0.2, -0.15) is 4.39 Å². The third kappa shape index (κ3) is 1.85. The maximum absolute atomic E-state index is 12.3. The van der Waals surface area contributed by atoms with Crippen LogP contribution in [0.1, 0.15) is 18.5 Å². The lowest BCUT2D eigenvalue weighted by atomic mass is 10.1. The zero-order valence-electron chi connectivity index (χ0n) is 6.62. The van der Waals surface area contributed by atoms with Crippen molar-refractivity contribution in [1.29, 1.82) is 0 Å². The first kappa shape index (κ1) is 8.80. The van der Waals surface area contributed by atoms with Crippen LogP contribution >= 0.6 is 0 Å². The Morgan fingerprint density at radius 3 is 2.75 bits per heavy atom. The molecule has 0 amide bonds. The maximum atomic E-state index is 12.3. The molecule has 1 rings (SSSR count). The predicted octanol–water partition coefficient (Wildman–Crippen LogP) is 0.810. The fourth-order valence-corrected chi connectivity index (χ4v) is 0.806. The number of hydrogen-bond acceptors (Lipinski definition) is 3. The average Bonchev–Trinajstić information content (AvgIpc) is 2.04. The van der Waals surface area contributed by atoms with Crippen molar-refractivity contribution < 1.29 is 9.18 Å². The van der Waals surface area contributed by atoms with Crippen LogP contribution in [0.5, 0.6) is 0 Å². The Morgan fingerprint density at radius 1 is 1.67 bits per heavy atom. The highest BCUT2D eigenvalue weighted by Crippen LogP contribution is 2.09. The molecule has 0 aromatic carbocycles. The van der Waals surface area contributed by atoms with Crippen molar-refractivity contribution in [2.45, 2.75) is 13.0 Å². The van der Waals surface area contributed by atoms with Crippen molar-refractivity contribution >= 4 is 5.78 Å². The van der Waals surface area contributed by atoms with Crippen LogP contribution in [0.25, 0.3) is 0 Å². The first-order valence-electron chi connectivity index (χ1n) is 3.48. The van der Waals surface area contributed by atoms with Crippen molar-refractivity contribution in [3.8, 4) is 0 Å². The molecule has 0 saturated carbocycles. The van der Waals surface area contributed by atoms with Gasteiger partial charge in [0.25, 0.3) is 0 Å². The van der Waals surface area contributed by atoms with Crippen molar-refractivity contribution in [3.63, 3.8) is 0 Å². The molecule has 0 spiro atoms. The van der Waals surface area contributed by atoms with Crippen LogP contribution in [0.15, 0.2) is 18.3 Å². The van der Waals surface area contributed by atoms with Crippen LogP contribution in [0.2, 0.25) is 0 Å². The number of rotatable bonds is 2. The van der Waals surface area contributed by atoms with E-state index in [4.69, 9.17) is 5.73 Å². The molecule has 1 aromatic rings. The second-order valence-corrected chi connectivity index (χ2v) is 2.50. The van der Waals surface area contributed by atoms with Gasteiger partial charge in [-0.05, 0) is 18.6 Å². The number of Topliss-reactive ketones (excluding diaryl/α,β-unsaturated/α-hetero) is 1. The first-order chi connectivity index (χ1) is 5.61. The van der Waals surface area contributed by atoms with E-state index >= 15 is 0 Å². The van der Waals surface area contributed by atoms with Gasteiger partial charge in [-0.25, -0.2) is 4.98 Å². The second kappa shape index (κ2) is 3.40. The molecule has 0 radical (unpaired) electrons. The molecule has 0 fully saturated rings. The number of carbonyl (C=O) groups is 1.